The topological polar surface area (TPSA) is 23.8 Å². The first kappa shape index (κ1) is 9.17. The number of hydrogen-bond donors (Lipinski definition) is 0. The van der Waals surface area contributed by atoms with E-state index in [2.05, 4.69) is 0 Å². The summed E-state index contributed by atoms with van der Waals surface area (Å²) < 4.78 is 14.7. The van der Waals surface area contributed by atoms with Gasteiger partial charge in [-0.05, 0) is 18.6 Å². The molecule has 0 N–H and O–H groups in total. The van der Waals surface area contributed by atoms with E-state index in [9.17, 15) is 4.39 Å². The average Bonchev–Trinajstić information content (AvgIpc) is 2.46. The van der Waals surface area contributed by atoms with Crippen LogP contribution in [-0.4, -0.2) is 0 Å². The molecule has 2 rings (SSSR count). The van der Waals surface area contributed by atoms with Crippen molar-refractivity contribution in [2.24, 2.45) is 0 Å². The first-order chi connectivity index (χ1) is 6.74. The van der Waals surface area contributed by atoms with Crippen LogP contribution < -0.4 is 0 Å². The predicted molar refractivity (Wildman–Crippen MR) is 55.8 cm³/mol. The van der Waals surface area contributed by atoms with Crippen molar-refractivity contribution in [2.75, 3.05) is 0 Å². The van der Waals surface area contributed by atoms with E-state index in [1.54, 1.807) is 0 Å². The summed E-state index contributed by atoms with van der Waals surface area (Å²) in [6.45, 7) is 1.88. The van der Waals surface area contributed by atoms with Crippen molar-refractivity contribution in [1.29, 1.82) is 5.26 Å². The maximum absolute atomic E-state index is 13.7. The van der Waals surface area contributed by atoms with E-state index in [0.29, 0.717) is 10.3 Å². The molecule has 2 aromatic rings. The number of nitriles is 1. The van der Waals surface area contributed by atoms with Crippen LogP contribution in [0.3, 0.4) is 0 Å². The number of rotatable bonds is 1. The highest BCUT2D eigenvalue weighted by Gasteiger charge is 2.12. The SMILES string of the molecule is Cc1cccc2sc(CC#N)c(F)c12. The lowest BCUT2D eigenvalue weighted by Crippen LogP contribution is -1.81. The second-order valence-electron chi connectivity index (χ2n) is 3.12. The van der Waals surface area contributed by atoms with Gasteiger partial charge in [-0.2, -0.15) is 5.26 Å². The molecular formula is C11H8FNS. The van der Waals surface area contributed by atoms with Crippen molar-refractivity contribution < 1.29 is 4.39 Å². The molecule has 1 aromatic heterocycles. The Kier molecular flexibility index (Phi) is 2.22. The minimum Gasteiger partial charge on any atom is -0.205 e. The normalized spacial score (nSPS) is 10.4. The lowest BCUT2D eigenvalue weighted by atomic mass is 10.1. The molecule has 3 heteroatoms. The predicted octanol–water partition coefficient (Wildman–Crippen LogP) is 3.41. The van der Waals surface area contributed by atoms with E-state index in [1.807, 2.05) is 31.2 Å². The molecular weight excluding hydrogens is 197 g/mol. The highest BCUT2D eigenvalue weighted by molar-refractivity contribution is 7.19. The zero-order valence-electron chi connectivity index (χ0n) is 7.67. The Labute approximate surface area is 85.4 Å². The van der Waals surface area contributed by atoms with Crippen molar-refractivity contribution >= 4 is 21.4 Å². The molecule has 70 valence electrons. The van der Waals surface area contributed by atoms with E-state index in [4.69, 9.17) is 5.26 Å². The summed E-state index contributed by atoms with van der Waals surface area (Å²) in [6.07, 6.45) is 0.157. The summed E-state index contributed by atoms with van der Waals surface area (Å²) in [5, 5.41) is 9.20. The Hall–Kier alpha value is -1.40. The average molecular weight is 205 g/mol. The largest absolute Gasteiger partial charge is 0.205 e. The summed E-state index contributed by atoms with van der Waals surface area (Å²) in [5.74, 6) is -0.218. The molecule has 0 amide bonds. The second kappa shape index (κ2) is 3.39. The molecule has 1 nitrogen and oxygen atoms in total. The zero-order valence-corrected chi connectivity index (χ0v) is 8.49. The van der Waals surface area contributed by atoms with E-state index < -0.39 is 0 Å². The maximum Gasteiger partial charge on any atom is 0.146 e. The molecule has 0 atom stereocenters. The molecule has 1 heterocycles. The molecule has 0 spiro atoms. The molecule has 0 saturated carbocycles. The molecule has 0 saturated heterocycles. The van der Waals surface area contributed by atoms with Crippen molar-refractivity contribution in [3.05, 3.63) is 34.5 Å². The first-order valence-electron chi connectivity index (χ1n) is 4.27. The van der Waals surface area contributed by atoms with Gasteiger partial charge in [0.2, 0.25) is 0 Å². The number of thiophene rings is 1. The Balaban J connectivity index is 2.75. The lowest BCUT2D eigenvalue weighted by Gasteiger charge is -1.94. The molecule has 14 heavy (non-hydrogen) atoms. The summed E-state index contributed by atoms with van der Waals surface area (Å²) in [4.78, 5) is 0.539. The molecule has 0 fully saturated rings. The van der Waals surface area contributed by atoms with Gasteiger partial charge in [-0.3, -0.25) is 0 Å². The molecule has 0 bridgehead atoms. The van der Waals surface area contributed by atoms with Gasteiger partial charge in [-0.1, -0.05) is 12.1 Å². The van der Waals surface area contributed by atoms with Gasteiger partial charge in [-0.15, -0.1) is 11.3 Å². The number of aryl methyl sites for hydroxylation is 1. The van der Waals surface area contributed by atoms with Crippen LogP contribution in [0.4, 0.5) is 4.39 Å². The first-order valence-corrected chi connectivity index (χ1v) is 5.09. The minimum absolute atomic E-state index is 0.157. The smallest absolute Gasteiger partial charge is 0.146 e. The monoisotopic (exact) mass is 205 g/mol. The fourth-order valence-electron chi connectivity index (χ4n) is 1.51. The number of benzene rings is 1. The Morgan fingerprint density at radius 3 is 2.93 bits per heavy atom. The van der Waals surface area contributed by atoms with Crippen molar-refractivity contribution in [3.63, 3.8) is 0 Å². The molecule has 0 radical (unpaired) electrons. The van der Waals surface area contributed by atoms with Gasteiger partial charge in [-0.25, -0.2) is 4.39 Å². The molecule has 0 aliphatic rings. The van der Waals surface area contributed by atoms with Crippen molar-refractivity contribution in [3.8, 4) is 6.07 Å². The zero-order chi connectivity index (χ0) is 10.1. The van der Waals surface area contributed by atoms with Crippen LogP contribution in [0.1, 0.15) is 10.4 Å². The van der Waals surface area contributed by atoms with Crippen LogP contribution >= 0.6 is 11.3 Å². The number of halogens is 1. The fraction of sp³-hybridized carbons (Fsp3) is 0.182. The van der Waals surface area contributed by atoms with Gasteiger partial charge in [0.25, 0.3) is 0 Å². The van der Waals surface area contributed by atoms with Crippen LogP contribution in [0.5, 0.6) is 0 Å². The molecule has 0 unspecified atom stereocenters. The van der Waals surface area contributed by atoms with E-state index in [0.717, 1.165) is 10.3 Å². The summed E-state index contributed by atoms with van der Waals surface area (Å²) in [6, 6.07) is 7.65. The van der Waals surface area contributed by atoms with Crippen LogP contribution in [-0.2, 0) is 6.42 Å². The minimum atomic E-state index is -0.218. The van der Waals surface area contributed by atoms with Gasteiger partial charge in [0.1, 0.15) is 5.82 Å². The maximum atomic E-state index is 13.7. The third kappa shape index (κ3) is 1.28. The summed E-state index contributed by atoms with van der Waals surface area (Å²) in [5.41, 5.74) is 0.931. The van der Waals surface area contributed by atoms with Crippen LogP contribution in [0.2, 0.25) is 0 Å². The lowest BCUT2D eigenvalue weighted by molar-refractivity contribution is 0.633. The molecule has 0 aliphatic carbocycles. The number of hydrogen-bond acceptors (Lipinski definition) is 2. The van der Waals surface area contributed by atoms with Crippen molar-refractivity contribution in [2.45, 2.75) is 13.3 Å². The van der Waals surface area contributed by atoms with Gasteiger partial charge in [0.15, 0.2) is 0 Å². The standard InChI is InChI=1S/C11H8FNS/c1-7-3-2-4-8-10(7)11(12)9(14-8)5-6-13/h2-4H,5H2,1H3. The number of nitrogens with zero attached hydrogens (tertiary/aromatic N) is 1. The van der Waals surface area contributed by atoms with Gasteiger partial charge < -0.3 is 0 Å². The summed E-state index contributed by atoms with van der Waals surface area (Å²) in [7, 11) is 0. The van der Waals surface area contributed by atoms with Crippen LogP contribution in [0, 0.1) is 24.1 Å². The second-order valence-corrected chi connectivity index (χ2v) is 4.26. The van der Waals surface area contributed by atoms with Gasteiger partial charge in [0, 0.05) is 10.1 Å². The summed E-state index contributed by atoms with van der Waals surface area (Å²) >= 11 is 1.37. The van der Waals surface area contributed by atoms with Crippen molar-refractivity contribution in [1.82, 2.24) is 0 Å². The quantitative estimate of drug-likeness (QED) is 0.699. The van der Waals surface area contributed by atoms with E-state index >= 15 is 0 Å². The van der Waals surface area contributed by atoms with Crippen LogP contribution in [0.15, 0.2) is 18.2 Å². The number of fused-ring (bicyclic) bond motifs is 1. The Bertz CT molecular complexity index is 522. The Morgan fingerprint density at radius 1 is 1.50 bits per heavy atom. The molecule has 0 aliphatic heterocycles. The third-order valence-electron chi connectivity index (χ3n) is 2.17. The van der Waals surface area contributed by atoms with Gasteiger partial charge in [0.05, 0.1) is 17.4 Å². The van der Waals surface area contributed by atoms with Gasteiger partial charge >= 0.3 is 0 Å². The molecule has 1 aromatic carbocycles. The Morgan fingerprint density at radius 2 is 2.29 bits per heavy atom. The third-order valence-corrected chi connectivity index (χ3v) is 3.30. The highest BCUT2D eigenvalue weighted by Crippen LogP contribution is 2.32. The highest BCUT2D eigenvalue weighted by atomic mass is 32.1. The van der Waals surface area contributed by atoms with Crippen LogP contribution in [0.25, 0.3) is 10.1 Å². The van der Waals surface area contributed by atoms with E-state index in [-0.39, 0.29) is 12.2 Å². The fourth-order valence-corrected chi connectivity index (χ4v) is 2.60. The van der Waals surface area contributed by atoms with E-state index in [1.165, 1.54) is 11.3 Å².